The maximum atomic E-state index is 12.9. The number of fused-ring (bicyclic) bond motifs is 1. The van der Waals surface area contributed by atoms with Gasteiger partial charge in [-0.15, -0.1) is 10.2 Å². The van der Waals surface area contributed by atoms with E-state index in [9.17, 15) is 23.1 Å². The first kappa shape index (κ1) is 20.3. The number of anilines is 1. The van der Waals surface area contributed by atoms with E-state index in [0.717, 1.165) is 12.1 Å². The number of aliphatic hydroxyl groups is 1. The minimum Gasteiger partial charge on any atom is -0.386 e. The van der Waals surface area contributed by atoms with E-state index in [1.165, 1.54) is 16.7 Å². The minimum atomic E-state index is -4.44. The summed E-state index contributed by atoms with van der Waals surface area (Å²) in [5, 5.41) is 22.4. The smallest absolute Gasteiger partial charge is 0.386 e. The molecular formula is C20H19F3N4O3. The molecule has 0 amide bonds. The lowest BCUT2D eigenvalue weighted by Gasteiger charge is -2.21. The largest absolute Gasteiger partial charge is 0.416 e. The molecular weight excluding hydrogens is 401 g/mol. The molecule has 7 nitrogen and oxygen atoms in total. The molecule has 0 bridgehead atoms. The van der Waals surface area contributed by atoms with Crippen LogP contribution >= 0.6 is 0 Å². The number of aromatic nitrogens is 3. The summed E-state index contributed by atoms with van der Waals surface area (Å²) in [6, 6.07) is 6.19. The van der Waals surface area contributed by atoms with Gasteiger partial charge in [0.05, 0.1) is 17.6 Å². The van der Waals surface area contributed by atoms with Crippen LogP contribution in [0.2, 0.25) is 0 Å². The number of pyridine rings is 1. The molecule has 0 radical (unpaired) electrons. The van der Waals surface area contributed by atoms with Crippen LogP contribution < -0.4 is 10.9 Å². The maximum Gasteiger partial charge on any atom is 0.416 e. The van der Waals surface area contributed by atoms with Gasteiger partial charge in [-0.05, 0) is 18.2 Å². The second kappa shape index (κ2) is 7.37. The van der Waals surface area contributed by atoms with Crippen molar-refractivity contribution in [3.05, 3.63) is 52.4 Å². The molecule has 0 aliphatic carbocycles. The van der Waals surface area contributed by atoms with Gasteiger partial charge in [0.2, 0.25) is 0 Å². The van der Waals surface area contributed by atoms with Crippen LogP contribution in [0.15, 0.2) is 41.3 Å². The fourth-order valence-corrected chi connectivity index (χ4v) is 3.40. The van der Waals surface area contributed by atoms with Gasteiger partial charge in [-0.3, -0.25) is 4.79 Å². The van der Waals surface area contributed by atoms with Crippen molar-refractivity contribution < 1.29 is 23.0 Å². The topological polar surface area (TPSA) is 89.3 Å². The molecule has 4 rings (SSSR count). The first-order valence-corrected chi connectivity index (χ1v) is 9.26. The fraction of sp³-hybridized carbons (Fsp3) is 0.350. The first-order chi connectivity index (χ1) is 14.2. The van der Waals surface area contributed by atoms with Crippen molar-refractivity contribution in [3.63, 3.8) is 0 Å². The molecule has 1 aromatic carbocycles. The summed E-state index contributed by atoms with van der Waals surface area (Å²) in [6.07, 6.45) is -2.44. The Kier molecular flexibility index (Phi) is 4.99. The summed E-state index contributed by atoms with van der Waals surface area (Å²) in [6.45, 7) is 0.737. The molecule has 1 aliphatic rings. The van der Waals surface area contributed by atoms with Crippen LogP contribution in [0.25, 0.3) is 22.0 Å². The van der Waals surface area contributed by atoms with Crippen LogP contribution in [0.1, 0.15) is 12.0 Å². The summed E-state index contributed by atoms with van der Waals surface area (Å²) in [7, 11) is 1.59. The summed E-state index contributed by atoms with van der Waals surface area (Å²) < 4.78 is 45.2. The molecule has 1 atom stereocenters. The molecule has 1 aliphatic heterocycles. The van der Waals surface area contributed by atoms with E-state index in [1.54, 1.807) is 19.3 Å². The number of hydrogen-bond acceptors (Lipinski definition) is 6. The zero-order valence-electron chi connectivity index (χ0n) is 16.0. The monoisotopic (exact) mass is 420 g/mol. The molecule has 30 heavy (non-hydrogen) atoms. The second-order valence-electron chi connectivity index (χ2n) is 7.37. The van der Waals surface area contributed by atoms with Crippen molar-refractivity contribution in [1.82, 2.24) is 14.8 Å². The van der Waals surface area contributed by atoms with Gasteiger partial charge in [0.1, 0.15) is 11.3 Å². The van der Waals surface area contributed by atoms with E-state index in [4.69, 9.17) is 4.74 Å². The molecule has 0 saturated carbocycles. The Morgan fingerprint density at radius 1 is 1.23 bits per heavy atom. The Balaban J connectivity index is 1.77. The van der Waals surface area contributed by atoms with Gasteiger partial charge >= 0.3 is 6.18 Å². The van der Waals surface area contributed by atoms with Gasteiger partial charge in [-0.25, -0.2) is 0 Å². The van der Waals surface area contributed by atoms with E-state index in [-0.39, 0.29) is 29.9 Å². The number of rotatable bonds is 4. The average Bonchev–Trinajstić information content (AvgIpc) is 3.15. The van der Waals surface area contributed by atoms with Crippen LogP contribution in [0.4, 0.5) is 19.0 Å². The van der Waals surface area contributed by atoms with E-state index in [1.807, 2.05) is 0 Å². The molecule has 1 saturated heterocycles. The van der Waals surface area contributed by atoms with E-state index >= 15 is 0 Å². The number of halogens is 3. The highest BCUT2D eigenvalue weighted by molar-refractivity contribution is 5.99. The number of nitrogens with one attached hydrogen (secondary N) is 1. The highest BCUT2D eigenvalue weighted by Crippen LogP contribution is 2.33. The summed E-state index contributed by atoms with van der Waals surface area (Å²) >= 11 is 0. The van der Waals surface area contributed by atoms with Crippen LogP contribution in [0, 0.1) is 0 Å². The first-order valence-electron chi connectivity index (χ1n) is 9.26. The van der Waals surface area contributed by atoms with Crippen molar-refractivity contribution in [2.75, 3.05) is 25.1 Å². The molecule has 2 aromatic heterocycles. The highest BCUT2D eigenvalue weighted by atomic mass is 19.4. The number of aryl methyl sites for hydroxylation is 1. The SMILES string of the molecule is Cn1ccc2c(-c3ccc(C(F)(F)F)cc3)nnc(NCC3(O)CCOC3)c2c1=O. The summed E-state index contributed by atoms with van der Waals surface area (Å²) in [5.41, 5.74) is -1.48. The van der Waals surface area contributed by atoms with Gasteiger partial charge < -0.3 is 19.7 Å². The lowest BCUT2D eigenvalue weighted by atomic mass is 10.0. The van der Waals surface area contributed by atoms with Crippen LogP contribution in [0.3, 0.4) is 0 Å². The minimum absolute atomic E-state index is 0.119. The molecule has 1 fully saturated rings. The third-order valence-corrected chi connectivity index (χ3v) is 5.16. The zero-order valence-corrected chi connectivity index (χ0v) is 16.0. The lowest BCUT2D eigenvalue weighted by Crippen LogP contribution is -2.37. The van der Waals surface area contributed by atoms with Crippen molar-refractivity contribution in [3.8, 4) is 11.3 Å². The molecule has 3 heterocycles. The van der Waals surface area contributed by atoms with Crippen molar-refractivity contribution >= 4 is 16.6 Å². The standard InChI is InChI=1S/C20H19F3N4O3/c1-27-8-6-14-15(18(27)28)17(24-10-19(29)7-9-30-11-19)26-25-16(14)12-2-4-13(5-3-12)20(21,22)23/h2-6,8,29H,7,9-11H2,1H3,(H,24,26). The molecule has 2 N–H and O–H groups in total. The van der Waals surface area contributed by atoms with Crippen LogP contribution in [-0.2, 0) is 18.0 Å². The number of ether oxygens (including phenoxy) is 1. The normalized spacial score (nSPS) is 19.4. The highest BCUT2D eigenvalue weighted by Gasteiger charge is 2.33. The van der Waals surface area contributed by atoms with Crippen molar-refractivity contribution in [1.29, 1.82) is 0 Å². The maximum absolute atomic E-state index is 12.9. The molecule has 10 heteroatoms. The Labute approximate surface area is 169 Å². The van der Waals surface area contributed by atoms with Gasteiger partial charge in [0.25, 0.3) is 5.56 Å². The van der Waals surface area contributed by atoms with Crippen molar-refractivity contribution in [2.24, 2.45) is 7.05 Å². The Morgan fingerprint density at radius 3 is 2.60 bits per heavy atom. The van der Waals surface area contributed by atoms with E-state index in [2.05, 4.69) is 15.5 Å². The quantitative estimate of drug-likeness (QED) is 0.675. The molecule has 3 aromatic rings. The summed E-state index contributed by atoms with van der Waals surface area (Å²) in [5.74, 6) is 0.196. The zero-order chi connectivity index (χ0) is 21.5. The van der Waals surface area contributed by atoms with E-state index in [0.29, 0.717) is 29.7 Å². The van der Waals surface area contributed by atoms with Gasteiger partial charge in [0, 0.05) is 43.8 Å². The Bertz CT molecular complexity index is 1140. The predicted molar refractivity (Wildman–Crippen MR) is 104 cm³/mol. The Hall–Kier alpha value is -2.98. The molecule has 158 valence electrons. The second-order valence-corrected chi connectivity index (χ2v) is 7.37. The third kappa shape index (κ3) is 3.75. The number of nitrogens with zero attached hydrogens (tertiary/aromatic N) is 3. The number of alkyl halides is 3. The molecule has 0 spiro atoms. The number of hydrogen-bond donors (Lipinski definition) is 2. The van der Waals surface area contributed by atoms with Gasteiger partial charge in [0.15, 0.2) is 5.82 Å². The van der Waals surface area contributed by atoms with Gasteiger partial charge in [-0.1, -0.05) is 12.1 Å². The average molecular weight is 420 g/mol. The van der Waals surface area contributed by atoms with Crippen molar-refractivity contribution in [2.45, 2.75) is 18.2 Å². The Morgan fingerprint density at radius 2 is 1.97 bits per heavy atom. The number of benzene rings is 1. The fourth-order valence-electron chi connectivity index (χ4n) is 3.40. The van der Waals surface area contributed by atoms with Crippen LogP contribution in [-0.4, -0.2) is 45.2 Å². The third-order valence-electron chi connectivity index (χ3n) is 5.16. The van der Waals surface area contributed by atoms with E-state index < -0.39 is 17.3 Å². The molecule has 1 unspecified atom stereocenters. The lowest BCUT2D eigenvalue weighted by molar-refractivity contribution is -0.137. The summed E-state index contributed by atoms with van der Waals surface area (Å²) in [4.78, 5) is 12.8. The van der Waals surface area contributed by atoms with Crippen LogP contribution in [0.5, 0.6) is 0 Å². The predicted octanol–water partition coefficient (Wildman–Crippen LogP) is 2.58. The van der Waals surface area contributed by atoms with Gasteiger partial charge in [-0.2, -0.15) is 13.2 Å².